The average molecular weight is 166 g/mol. The minimum atomic E-state index is 0.713. The number of nitrogens with zero attached hydrogens (tertiary/aromatic N) is 1. The molecule has 12 heavy (non-hydrogen) atoms. The van der Waals surface area contributed by atoms with Gasteiger partial charge in [-0.1, -0.05) is 0 Å². The van der Waals surface area contributed by atoms with Gasteiger partial charge >= 0.3 is 0 Å². The molecular formula is C9H16N3+. The van der Waals surface area contributed by atoms with Crippen molar-refractivity contribution < 1.29 is 0 Å². The lowest BCUT2D eigenvalue weighted by molar-refractivity contribution is 0.488. The van der Waals surface area contributed by atoms with Crippen molar-refractivity contribution >= 4 is 17.1 Å². The standard InChI is InChI=1S/C9H16N3/c1-12(2,3)9-5-4-7(10)6-8(9)11/h4-6H,10-11H2,1-3H3/q+1. The molecule has 0 spiro atoms. The van der Waals surface area contributed by atoms with Gasteiger partial charge in [-0.25, -0.2) is 0 Å². The predicted octanol–water partition coefficient (Wildman–Crippen LogP) is 1.05. The second-order valence-electron chi connectivity index (χ2n) is 3.83. The van der Waals surface area contributed by atoms with Gasteiger partial charge in [0.05, 0.1) is 26.8 Å². The van der Waals surface area contributed by atoms with Crippen LogP contribution < -0.4 is 16.0 Å². The van der Waals surface area contributed by atoms with Crippen LogP contribution in [0.25, 0.3) is 0 Å². The number of quaternary nitrogens is 1. The van der Waals surface area contributed by atoms with Gasteiger partial charge in [-0.15, -0.1) is 0 Å². The van der Waals surface area contributed by atoms with E-state index in [0.29, 0.717) is 10.2 Å². The van der Waals surface area contributed by atoms with Crippen molar-refractivity contribution in [1.29, 1.82) is 0 Å². The van der Waals surface area contributed by atoms with E-state index >= 15 is 0 Å². The third-order valence-corrected chi connectivity index (χ3v) is 1.77. The maximum atomic E-state index is 5.81. The van der Waals surface area contributed by atoms with Gasteiger partial charge in [-0.3, -0.25) is 4.48 Å². The quantitative estimate of drug-likeness (QED) is 0.484. The van der Waals surface area contributed by atoms with E-state index in [1.54, 1.807) is 6.07 Å². The third-order valence-electron chi connectivity index (χ3n) is 1.77. The summed E-state index contributed by atoms with van der Waals surface area (Å²) in [5.41, 5.74) is 13.9. The Bertz CT molecular complexity index is 286. The van der Waals surface area contributed by atoms with Gasteiger partial charge in [0, 0.05) is 11.8 Å². The highest BCUT2D eigenvalue weighted by Gasteiger charge is 2.15. The van der Waals surface area contributed by atoms with Crippen molar-refractivity contribution in [3.05, 3.63) is 18.2 Å². The van der Waals surface area contributed by atoms with Crippen LogP contribution in [0.4, 0.5) is 17.1 Å². The molecule has 0 aliphatic heterocycles. The molecule has 0 aliphatic rings. The zero-order valence-electron chi connectivity index (χ0n) is 7.83. The van der Waals surface area contributed by atoms with Gasteiger partial charge < -0.3 is 11.5 Å². The van der Waals surface area contributed by atoms with Crippen LogP contribution in [0, 0.1) is 0 Å². The molecule has 0 unspecified atom stereocenters. The molecular weight excluding hydrogens is 150 g/mol. The molecule has 3 nitrogen and oxygen atoms in total. The van der Waals surface area contributed by atoms with Crippen LogP contribution in [-0.2, 0) is 0 Å². The molecule has 0 saturated carbocycles. The van der Waals surface area contributed by atoms with Gasteiger partial charge in [0.2, 0.25) is 0 Å². The number of hydrogen-bond donors (Lipinski definition) is 2. The van der Waals surface area contributed by atoms with Gasteiger partial charge in [-0.05, 0) is 12.1 Å². The molecule has 0 fully saturated rings. The molecule has 3 heteroatoms. The molecule has 0 heterocycles. The third kappa shape index (κ3) is 1.68. The van der Waals surface area contributed by atoms with Crippen molar-refractivity contribution in [2.75, 3.05) is 32.6 Å². The molecule has 1 rings (SSSR count). The first-order valence-corrected chi connectivity index (χ1v) is 3.88. The highest BCUT2D eigenvalue weighted by atomic mass is 15.3. The van der Waals surface area contributed by atoms with E-state index < -0.39 is 0 Å². The Balaban J connectivity index is 3.19. The monoisotopic (exact) mass is 166 g/mol. The zero-order valence-corrected chi connectivity index (χ0v) is 7.83. The maximum Gasteiger partial charge on any atom is 0.155 e. The number of benzene rings is 1. The Labute approximate surface area is 73.2 Å². The van der Waals surface area contributed by atoms with Crippen molar-refractivity contribution in [2.45, 2.75) is 0 Å². The van der Waals surface area contributed by atoms with Crippen LogP contribution in [0.15, 0.2) is 18.2 Å². The van der Waals surface area contributed by atoms with Crippen LogP contribution in [-0.4, -0.2) is 21.1 Å². The van der Waals surface area contributed by atoms with Crippen LogP contribution in [0.3, 0.4) is 0 Å². The zero-order chi connectivity index (χ0) is 9.35. The minimum Gasteiger partial charge on any atom is -0.399 e. The van der Waals surface area contributed by atoms with Gasteiger partial charge in [-0.2, -0.15) is 0 Å². The smallest absolute Gasteiger partial charge is 0.155 e. The molecule has 66 valence electrons. The summed E-state index contributed by atoms with van der Waals surface area (Å²) in [5.74, 6) is 0. The van der Waals surface area contributed by atoms with E-state index in [9.17, 15) is 0 Å². The van der Waals surface area contributed by atoms with Gasteiger partial charge in [0.25, 0.3) is 0 Å². The Kier molecular flexibility index (Phi) is 1.98. The van der Waals surface area contributed by atoms with Crippen LogP contribution in [0.5, 0.6) is 0 Å². The SMILES string of the molecule is C[N+](C)(C)c1ccc(N)cc1N. The number of nitrogens with two attached hydrogens (primary N) is 2. The number of anilines is 2. The van der Waals surface area contributed by atoms with E-state index in [0.717, 1.165) is 11.4 Å². The summed E-state index contributed by atoms with van der Waals surface area (Å²) in [6.07, 6.45) is 0. The second-order valence-corrected chi connectivity index (χ2v) is 3.83. The van der Waals surface area contributed by atoms with Crippen molar-refractivity contribution in [3.8, 4) is 0 Å². The molecule has 0 aromatic heterocycles. The molecule has 0 radical (unpaired) electrons. The fourth-order valence-corrected chi connectivity index (χ4v) is 1.18. The first-order chi connectivity index (χ1) is 5.41. The molecule has 1 aromatic carbocycles. The topological polar surface area (TPSA) is 52.0 Å². The summed E-state index contributed by atoms with van der Waals surface area (Å²) in [5, 5.41) is 0. The van der Waals surface area contributed by atoms with E-state index in [4.69, 9.17) is 11.5 Å². The Morgan fingerprint density at radius 1 is 1.08 bits per heavy atom. The lowest BCUT2D eigenvalue weighted by atomic mass is 10.2. The molecule has 4 N–H and O–H groups in total. The van der Waals surface area contributed by atoms with Crippen molar-refractivity contribution in [2.24, 2.45) is 0 Å². The molecule has 0 bridgehead atoms. The largest absolute Gasteiger partial charge is 0.399 e. The van der Waals surface area contributed by atoms with E-state index in [-0.39, 0.29) is 0 Å². The Morgan fingerprint density at radius 3 is 2.08 bits per heavy atom. The molecule has 0 aliphatic carbocycles. The number of hydrogen-bond acceptors (Lipinski definition) is 2. The predicted molar refractivity (Wildman–Crippen MR) is 54.8 cm³/mol. The van der Waals surface area contributed by atoms with Gasteiger partial charge in [0.1, 0.15) is 0 Å². The highest BCUT2D eigenvalue weighted by molar-refractivity contribution is 5.69. The summed E-state index contributed by atoms with van der Waals surface area (Å²) < 4.78 is 0.714. The maximum absolute atomic E-state index is 5.81. The molecule has 0 atom stereocenters. The first-order valence-electron chi connectivity index (χ1n) is 3.88. The normalized spacial score (nSPS) is 11.6. The summed E-state index contributed by atoms with van der Waals surface area (Å²) in [6.45, 7) is 0. The summed E-state index contributed by atoms with van der Waals surface area (Å²) in [7, 11) is 6.21. The lowest BCUT2D eigenvalue weighted by Gasteiger charge is -2.24. The highest BCUT2D eigenvalue weighted by Crippen LogP contribution is 2.26. The molecule has 0 saturated heterocycles. The van der Waals surface area contributed by atoms with Crippen LogP contribution >= 0.6 is 0 Å². The van der Waals surface area contributed by atoms with Gasteiger partial charge in [0.15, 0.2) is 5.69 Å². The fourth-order valence-electron chi connectivity index (χ4n) is 1.18. The number of rotatable bonds is 1. The van der Waals surface area contributed by atoms with E-state index in [2.05, 4.69) is 21.1 Å². The van der Waals surface area contributed by atoms with Crippen molar-refractivity contribution in [3.63, 3.8) is 0 Å². The summed E-state index contributed by atoms with van der Waals surface area (Å²) >= 11 is 0. The summed E-state index contributed by atoms with van der Waals surface area (Å²) in [4.78, 5) is 0. The summed E-state index contributed by atoms with van der Waals surface area (Å²) in [6, 6.07) is 5.62. The van der Waals surface area contributed by atoms with E-state index in [1.165, 1.54) is 0 Å². The van der Waals surface area contributed by atoms with E-state index in [1.807, 2.05) is 12.1 Å². The molecule has 1 aromatic rings. The Morgan fingerprint density at radius 2 is 1.67 bits per heavy atom. The second kappa shape index (κ2) is 2.68. The lowest BCUT2D eigenvalue weighted by Crippen LogP contribution is -2.35. The first kappa shape index (κ1) is 8.87. The minimum absolute atomic E-state index is 0.713. The van der Waals surface area contributed by atoms with Crippen LogP contribution in [0.2, 0.25) is 0 Å². The molecule has 0 amide bonds. The Hall–Kier alpha value is -1.22. The van der Waals surface area contributed by atoms with Crippen LogP contribution in [0.1, 0.15) is 0 Å². The fraction of sp³-hybridized carbons (Fsp3) is 0.333. The average Bonchev–Trinajstić information content (AvgIpc) is 1.83. The number of nitrogen functional groups attached to an aromatic ring is 2. The van der Waals surface area contributed by atoms with Crippen molar-refractivity contribution in [1.82, 2.24) is 4.48 Å².